The Morgan fingerprint density at radius 1 is 1.00 bits per heavy atom. The van der Waals surface area contributed by atoms with Gasteiger partial charge in [0.15, 0.2) is 0 Å². The fourth-order valence-corrected chi connectivity index (χ4v) is 1.10. The van der Waals surface area contributed by atoms with Gasteiger partial charge in [0, 0.05) is 0 Å². The Morgan fingerprint density at radius 2 is 1.57 bits per heavy atom. The SMILES string of the molecule is [CH2-]CCCCCCC.[Mn+2].c1cc[cH-]c1. The number of rotatable bonds is 5. The maximum absolute atomic E-state index is 3.78. The van der Waals surface area contributed by atoms with Gasteiger partial charge >= 0.3 is 17.1 Å². The third kappa shape index (κ3) is 14.4. The Labute approximate surface area is 99.9 Å². The summed E-state index contributed by atoms with van der Waals surface area (Å²) in [4.78, 5) is 0. The van der Waals surface area contributed by atoms with E-state index >= 15 is 0 Å². The van der Waals surface area contributed by atoms with E-state index in [1.807, 2.05) is 30.3 Å². The van der Waals surface area contributed by atoms with Crippen molar-refractivity contribution in [2.45, 2.75) is 45.4 Å². The molecule has 0 spiro atoms. The molecule has 0 aliphatic heterocycles. The van der Waals surface area contributed by atoms with Crippen LogP contribution in [0, 0.1) is 6.92 Å². The van der Waals surface area contributed by atoms with Crippen LogP contribution < -0.4 is 0 Å². The zero-order chi connectivity index (χ0) is 9.78. The van der Waals surface area contributed by atoms with E-state index in [-0.39, 0.29) is 17.1 Å². The van der Waals surface area contributed by atoms with E-state index in [2.05, 4.69) is 13.8 Å². The van der Waals surface area contributed by atoms with Gasteiger partial charge in [-0.25, -0.2) is 12.1 Å². The van der Waals surface area contributed by atoms with Crippen LogP contribution in [0.2, 0.25) is 0 Å². The molecule has 1 radical (unpaired) electrons. The molecule has 0 aromatic heterocycles. The molecular formula is C13H22Mn. The van der Waals surface area contributed by atoms with E-state index in [0.29, 0.717) is 0 Å². The minimum absolute atomic E-state index is 0. The summed E-state index contributed by atoms with van der Waals surface area (Å²) in [7, 11) is 0. The zero-order valence-corrected chi connectivity index (χ0v) is 10.4. The van der Waals surface area contributed by atoms with Crippen molar-refractivity contribution in [1.82, 2.24) is 0 Å². The molecule has 1 rings (SSSR count). The Kier molecular flexibility index (Phi) is 17.9. The summed E-state index contributed by atoms with van der Waals surface area (Å²) >= 11 is 0. The molecule has 1 heteroatoms. The summed E-state index contributed by atoms with van der Waals surface area (Å²) in [6.07, 6.45) is 7.98. The summed E-state index contributed by atoms with van der Waals surface area (Å²) < 4.78 is 0. The van der Waals surface area contributed by atoms with Crippen LogP contribution >= 0.6 is 0 Å². The molecule has 0 atom stereocenters. The topological polar surface area (TPSA) is 0 Å². The average molecular weight is 233 g/mol. The molecular weight excluding hydrogens is 211 g/mol. The van der Waals surface area contributed by atoms with Gasteiger partial charge in [-0.1, -0.05) is 39.0 Å². The number of unbranched alkanes of at least 4 members (excludes halogenated alkanes) is 5. The molecule has 0 saturated carbocycles. The molecule has 0 heterocycles. The minimum atomic E-state index is 0. The first-order valence-electron chi connectivity index (χ1n) is 5.37. The third-order valence-electron chi connectivity index (χ3n) is 1.91. The minimum Gasteiger partial charge on any atom is -0.343 e. The van der Waals surface area contributed by atoms with Crippen molar-refractivity contribution >= 4 is 0 Å². The quantitative estimate of drug-likeness (QED) is 0.396. The van der Waals surface area contributed by atoms with E-state index in [4.69, 9.17) is 0 Å². The molecule has 0 unspecified atom stereocenters. The van der Waals surface area contributed by atoms with Gasteiger partial charge in [-0.3, -0.25) is 0 Å². The fourth-order valence-electron chi connectivity index (χ4n) is 1.10. The standard InChI is InChI=1S/C8H17.C5H5.Mn/c1-3-5-7-8-6-4-2;1-2-4-5-3-1;/h1,3-8H2,2H3;1-5H;/q2*-1;+2. The molecule has 0 nitrogen and oxygen atoms in total. The van der Waals surface area contributed by atoms with Gasteiger partial charge in [0.25, 0.3) is 0 Å². The van der Waals surface area contributed by atoms with Gasteiger partial charge in [-0.05, 0) is 0 Å². The van der Waals surface area contributed by atoms with Crippen LogP contribution in [-0.2, 0) is 17.1 Å². The molecule has 0 bridgehead atoms. The summed E-state index contributed by atoms with van der Waals surface area (Å²) in [5, 5.41) is 0. The molecule has 1 aromatic rings. The van der Waals surface area contributed by atoms with Crippen LogP contribution in [0.1, 0.15) is 45.4 Å². The van der Waals surface area contributed by atoms with Crippen molar-refractivity contribution in [2.24, 2.45) is 0 Å². The second-order valence-electron chi connectivity index (χ2n) is 3.23. The Morgan fingerprint density at radius 3 is 1.93 bits per heavy atom. The Hall–Kier alpha value is -0.131. The van der Waals surface area contributed by atoms with Gasteiger partial charge in [-0.2, -0.15) is 24.6 Å². The number of hydrogen-bond donors (Lipinski definition) is 0. The first-order chi connectivity index (χ1) is 6.41. The van der Waals surface area contributed by atoms with Crippen LogP contribution in [0.4, 0.5) is 0 Å². The second kappa shape index (κ2) is 15.3. The van der Waals surface area contributed by atoms with Gasteiger partial charge in [0.05, 0.1) is 0 Å². The average Bonchev–Trinajstić information content (AvgIpc) is 2.70. The van der Waals surface area contributed by atoms with Crippen LogP contribution in [0.3, 0.4) is 0 Å². The van der Waals surface area contributed by atoms with Gasteiger partial charge in [0.2, 0.25) is 0 Å². The van der Waals surface area contributed by atoms with Crippen molar-refractivity contribution in [2.75, 3.05) is 0 Å². The fraction of sp³-hybridized carbons (Fsp3) is 0.538. The largest absolute Gasteiger partial charge is 2.00 e. The van der Waals surface area contributed by atoms with Gasteiger partial charge in [0.1, 0.15) is 0 Å². The molecule has 0 N–H and O–H groups in total. The predicted molar refractivity (Wildman–Crippen MR) is 60.8 cm³/mol. The van der Waals surface area contributed by atoms with Crippen molar-refractivity contribution in [1.29, 1.82) is 0 Å². The monoisotopic (exact) mass is 233 g/mol. The Bertz CT molecular complexity index is 121. The molecule has 81 valence electrons. The van der Waals surface area contributed by atoms with Crippen molar-refractivity contribution in [3.63, 3.8) is 0 Å². The predicted octanol–water partition coefficient (Wildman–Crippen LogP) is 4.58. The van der Waals surface area contributed by atoms with Crippen LogP contribution in [-0.4, -0.2) is 0 Å². The zero-order valence-electron chi connectivity index (χ0n) is 9.21. The van der Waals surface area contributed by atoms with E-state index < -0.39 is 0 Å². The van der Waals surface area contributed by atoms with E-state index in [1.54, 1.807) is 0 Å². The van der Waals surface area contributed by atoms with Crippen LogP contribution in [0.5, 0.6) is 0 Å². The van der Waals surface area contributed by atoms with Crippen molar-refractivity contribution in [3.8, 4) is 0 Å². The summed E-state index contributed by atoms with van der Waals surface area (Å²) in [6, 6.07) is 10.0. The smallest absolute Gasteiger partial charge is 0.343 e. The molecule has 14 heavy (non-hydrogen) atoms. The first-order valence-corrected chi connectivity index (χ1v) is 5.37. The first kappa shape index (κ1) is 16.3. The van der Waals surface area contributed by atoms with Crippen LogP contribution in [0.15, 0.2) is 30.3 Å². The maximum atomic E-state index is 3.78. The molecule has 0 saturated heterocycles. The maximum Gasteiger partial charge on any atom is 2.00 e. The summed E-state index contributed by atoms with van der Waals surface area (Å²) in [5.41, 5.74) is 0. The summed E-state index contributed by atoms with van der Waals surface area (Å²) in [6.45, 7) is 6.02. The Balaban J connectivity index is 0. The summed E-state index contributed by atoms with van der Waals surface area (Å²) in [5.74, 6) is 0. The van der Waals surface area contributed by atoms with E-state index in [9.17, 15) is 0 Å². The second-order valence-corrected chi connectivity index (χ2v) is 3.23. The van der Waals surface area contributed by atoms with Gasteiger partial charge in [-0.15, -0.1) is 0 Å². The molecule has 0 fully saturated rings. The van der Waals surface area contributed by atoms with Crippen LogP contribution in [0.25, 0.3) is 0 Å². The van der Waals surface area contributed by atoms with Crippen molar-refractivity contribution < 1.29 is 17.1 Å². The molecule has 1 aromatic carbocycles. The van der Waals surface area contributed by atoms with E-state index in [0.717, 1.165) is 6.42 Å². The molecule has 0 amide bonds. The third-order valence-corrected chi connectivity index (χ3v) is 1.91. The number of hydrogen-bond acceptors (Lipinski definition) is 0. The van der Waals surface area contributed by atoms with Gasteiger partial charge < -0.3 is 6.92 Å². The molecule has 0 aliphatic carbocycles. The normalized spacial score (nSPS) is 8.43. The van der Waals surface area contributed by atoms with Crippen molar-refractivity contribution in [3.05, 3.63) is 37.3 Å². The molecule has 0 aliphatic rings. The van der Waals surface area contributed by atoms with E-state index in [1.165, 1.54) is 32.1 Å².